The first-order chi connectivity index (χ1) is 14.0. The van der Waals surface area contributed by atoms with Gasteiger partial charge in [0.15, 0.2) is 0 Å². The predicted octanol–water partition coefficient (Wildman–Crippen LogP) is 4.03. The molecule has 1 saturated carbocycles. The molecule has 2 aromatic heterocycles. The second kappa shape index (κ2) is 8.22. The van der Waals surface area contributed by atoms with Crippen molar-refractivity contribution < 1.29 is 23.4 Å². The summed E-state index contributed by atoms with van der Waals surface area (Å²) in [5.41, 5.74) is 0.117. The van der Waals surface area contributed by atoms with Crippen molar-refractivity contribution >= 4 is 22.9 Å². The van der Waals surface area contributed by atoms with Gasteiger partial charge < -0.3 is 15.2 Å². The van der Waals surface area contributed by atoms with E-state index in [2.05, 4.69) is 15.3 Å². The molecule has 2 atom stereocenters. The van der Waals surface area contributed by atoms with Crippen molar-refractivity contribution in [2.75, 3.05) is 5.32 Å². The largest absolute Gasteiger partial charge is 0.488 e. The Hall–Kier alpha value is -2.91. The van der Waals surface area contributed by atoms with Gasteiger partial charge in [0.25, 0.3) is 5.91 Å². The number of halogens is 2. The molecule has 150 valence electrons. The summed E-state index contributed by atoms with van der Waals surface area (Å²) in [6, 6.07) is 5.17. The maximum absolute atomic E-state index is 14.0. The number of aliphatic hydroxyl groups is 1. The zero-order chi connectivity index (χ0) is 20.4. The minimum atomic E-state index is -0.743. The van der Waals surface area contributed by atoms with Gasteiger partial charge in [0.2, 0.25) is 0 Å². The number of rotatable bonds is 5. The predicted molar refractivity (Wildman–Crippen MR) is 104 cm³/mol. The lowest BCUT2D eigenvalue weighted by atomic mass is 10.2. The molecular formula is C20H17F2N3O3S. The molecule has 1 aliphatic rings. The van der Waals surface area contributed by atoms with Gasteiger partial charge >= 0.3 is 0 Å². The highest BCUT2D eigenvalue weighted by molar-refractivity contribution is 7.13. The zero-order valence-electron chi connectivity index (χ0n) is 15.1. The quantitative estimate of drug-likeness (QED) is 0.655. The third-order valence-corrected chi connectivity index (χ3v) is 5.45. The Morgan fingerprint density at radius 2 is 2.03 bits per heavy atom. The number of nitrogens with zero attached hydrogens (tertiary/aromatic N) is 2. The van der Waals surface area contributed by atoms with Crippen LogP contribution in [0.3, 0.4) is 0 Å². The second-order valence-corrected chi connectivity index (χ2v) is 7.53. The van der Waals surface area contributed by atoms with Gasteiger partial charge in [-0.1, -0.05) is 6.07 Å². The van der Waals surface area contributed by atoms with Gasteiger partial charge in [-0.2, -0.15) is 0 Å². The van der Waals surface area contributed by atoms with E-state index in [1.807, 2.05) is 0 Å². The molecule has 2 N–H and O–H groups in total. The first kappa shape index (κ1) is 19.4. The number of hydrogen-bond donors (Lipinski definition) is 2. The van der Waals surface area contributed by atoms with E-state index in [-0.39, 0.29) is 28.5 Å². The van der Waals surface area contributed by atoms with Crippen molar-refractivity contribution in [3.63, 3.8) is 0 Å². The second-order valence-electron chi connectivity index (χ2n) is 6.67. The fourth-order valence-corrected chi connectivity index (χ4v) is 4.01. The number of pyridine rings is 1. The van der Waals surface area contributed by atoms with Crippen LogP contribution in [0.2, 0.25) is 0 Å². The summed E-state index contributed by atoms with van der Waals surface area (Å²) < 4.78 is 33.8. The number of anilines is 1. The fraction of sp³-hybridized carbons (Fsp3) is 0.250. The van der Waals surface area contributed by atoms with Gasteiger partial charge in [0.05, 0.1) is 17.9 Å². The number of carbonyl (C=O) groups excluding carboxylic acids is 1. The lowest BCUT2D eigenvalue weighted by molar-refractivity contribution is 0.102. The average Bonchev–Trinajstić information content (AvgIpc) is 3.33. The van der Waals surface area contributed by atoms with Crippen molar-refractivity contribution in [1.82, 2.24) is 9.97 Å². The highest BCUT2D eigenvalue weighted by atomic mass is 32.1. The Balaban J connectivity index is 1.51. The molecule has 0 bridgehead atoms. The van der Waals surface area contributed by atoms with Gasteiger partial charge in [-0.25, -0.2) is 13.8 Å². The van der Waals surface area contributed by atoms with Crippen LogP contribution >= 0.6 is 11.3 Å². The highest BCUT2D eigenvalue weighted by Crippen LogP contribution is 2.31. The molecule has 1 amide bonds. The van der Waals surface area contributed by atoms with E-state index in [1.54, 1.807) is 6.07 Å². The maximum Gasteiger partial charge on any atom is 0.275 e. The Morgan fingerprint density at radius 3 is 2.76 bits per heavy atom. The van der Waals surface area contributed by atoms with Crippen LogP contribution in [0.1, 0.15) is 29.8 Å². The van der Waals surface area contributed by atoms with Crippen LogP contribution in [0.15, 0.2) is 42.0 Å². The van der Waals surface area contributed by atoms with Crippen LogP contribution in [0.5, 0.6) is 5.75 Å². The van der Waals surface area contributed by atoms with Crippen molar-refractivity contribution in [1.29, 1.82) is 0 Å². The van der Waals surface area contributed by atoms with Crippen LogP contribution in [0, 0.1) is 11.6 Å². The van der Waals surface area contributed by atoms with Crippen LogP contribution in [0.4, 0.5) is 14.5 Å². The summed E-state index contributed by atoms with van der Waals surface area (Å²) in [7, 11) is 0. The molecule has 0 aliphatic heterocycles. The normalized spacial score (nSPS) is 18.6. The standard InChI is InChI=1S/C20H17F2N3O3S/c21-13-2-1-3-14(22)18(13)20-25-16(10-29-20)19(27)24-15-9-23-7-6-17(15)28-12-5-4-11(26)8-12/h1-3,6-7,9-12,26H,4-5,8H2,(H,24,27)/t11-,12+/m1/s1. The van der Waals surface area contributed by atoms with E-state index >= 15 is 0 Å². The number of amides is 1. The lowest BCUT2D eigenvalue weighted by Gasteiger charge is -2.16. The number of aliphatic hydroxyl groups excluding tert-OH is 1. The summed E-state index contributed by atoms with van der Waals surface area (Å²) in [6.07, 6.45) is 4.39. The fourth-order valence-electron chi connectivity index (χ4n) is 3.16. The summed E-state index contributed by atoms with van der Waals surface area (Å²) in [5, 5.41) is 13.8. The molecule has 1 aliphatic carbocycles. The van der Waals surface area contributed by atoms with Crippen molar-refractivity contribution in [2.45, 2.75) is 31.5 Å². The van der Waals surface area contributed by atoms with Crippen molar-refractivity contribution in [3.8, 4) is 16.3 Å². The molecule has 6 nitrogen and oxygen atoms in total. The lowest BCUT2D eigenvalue weighted by Crippen LogP contribution is -2.17. The molecule has 2 heterocycles. The van der Waals surface area contributed by atoms with Crippen LogP contribution in [-0.2, 0) is 0 Å². The van der Waals surface area contributed by atoms with Crippen LogP contribution in [-0.4, -0.2) is 33.2 Å². The molecule has 0 unspecified atom stereocenters. The molecular weight excluding hydrogens is 400 g/mol. The third-order valence-electron chi connectivity index (χ3n) is 4.59. The van der Waals surface area contributed by atoms with E-state index in [0.717, 1.165) is 29.9 Å². The summed E-state index contributed by atoms with van der Waals surface area (Å²) in [5.74, 6) is -1.60. The number of nitrogens with one attached hydrogen (secondary N) is 1. The van der Waals surface area contributed by atoms with E-state index in [1.165, 1.54) is 23.8 Å². The van der Waals surface area contributed by atoms with Gasteiger partial charge in [-0.3, -0.25) is 9.78 Å². The van der Waals surface area contributed by atoms with E-state index in [0.29, 0.717) is 24.3 Å². The number of ether oxygens (including phenoxy) is 1. The molecule has 3 aromatic rings. The maximum atomic E-state index is 14.0. The molecule has 0 saturated heterocycles. The Kier molecular flexibility index (Phi) is 5.50. The van der Waals surface area contributed by atoms with Gasteiger partial charge in [-0.15, -0.1) is 11.3 Å². The molecule has 1 aromatic carbocycles. The van der Waals surface area contributed by atoms with Crippen molar-refractivity contribution in [3.05, 3.63) is 59.4 Å². The molecule has 0 radical (unpaired) electrons. The first-order valence-corrected chi connectivity index (χ1v) is 9.89. The minimum absolute atomic E-state index is 0.0266. The number of carbonyl (C=O) groups is 1. The number of aromatic nitrogens is 2. The van der Waals surface area contributed by atoms with Gasteiger partial charge in [0, 0.05) is 24.1 Å². The molecule has 9 heteroatoms. The van der Waals surface area contributed by atoms with E-state index < -0.39 is 17.5 Å². The van der Waals surface area contributed by atoms with E-state index in [9.17, 15) is 18.7 Å². The third kappa shape index (κ3) is 4.25. The Morgan fingerprint density at radius 1 is 1.24 bits per heavy atom. The average molecular weight is 417 g/mol. The van der Waals surface area contributed by atoms with E-state index in [4.69, 9.17) is 4.74 Å². The van der Waals surface area contributed by atoms with Gasteiger partial charge in [-0.05, 0) is 25.0 Å². The highest BCUT2D eigenvalue weighted by Gasteiger charge is 2.25. The Bertz CT molecular complexity index is 1020. The molecule has 29 heavy (non-hydrogen) atoms. The first-order valence-electron chi connectivity index (χ1n) is 9.01. The topological polar surface area (TPSA) is 84.3 Å². The number of benzene rings is 1. The van der Waals surface area contributed by atoms with Crippen LogP contribution in [0.25, 0.3) is 10.6 Å². The van der Waals surface area contributed by atoms with Crippen LogP contribution < -0.4 is 10.1 Å². The summed E-state index contributed by atoms with van der Waals surface area (Å²) >= 11 is 0.974. The number of hydrogen-bond acceptors (Lipinski definition) is 6. The molecule has 0 spiro atoms. The Labute approximate surface area is 169 Å². The molecule has 1 fully saturated rings. The zero-order valence-corrected chi connectivity index (χ0v) is 16.0. The monoisotopic (exact) mass is 417 g/mol. The SMILES string of the molecule is O=C(Nc1cnccc1O[C@H]1CC[C@@H](O)C1)c1csc(-c2c(F)cccc2F)n1. The minimum Gasteiger partial charge on any atom is -0.488 e. The smallest absolute Gasteiger partial charge is 0.275 e. The summed E-state index contributed by atoms with van der Waals surface area (Å²) in [4.78, 5) is 20.7. The number of thiazole rings is 1. The van der Waals surface area contributed by atoms with Gasteiger partial charge in [0.1, 0.15) is 39.9 Å². The summed E-state index contributed by atoms with van der Waals surface area (Å²) in [6.45, 7) is 0. The van der Waals surface area contributed by atoms with Crippen molar-refractivity contribution in [2.24, 2.45) is 0 Å². The molecule has 4 rings (SSSR count).